The number of carbonyl (C=O) groups is 1. The molecule has 1 saturated heterocycles. The Morgan fingerprint density at radius 1 is 1.18 bits per heavy atom. The van der Waals surface area contributed by atoms with Crippen molar-refractivity contribution in [3.63, 3.8) is 0 Å². The van der Waals surface area contributed by atoms with Gasteiger partial charge in [0.2, 0.25) is 10.0 Å². The van der Waals surface area contributed by atoms with Crippen molar-refractivity contribution in [2.24, 2.45) is 0 Å². The molecule has 2 aromatic carbocycles. The number of hydrogen-bond acceptors (Lipinski definition) is 7. The third-order valence-corrected chi connectivity index (χ3v) is 7.32. The SMILES string of the molecule is C[C@@H](CCc1ccccc1)NC(=O)COn1nnc2ccc(S(=O)(=O)N3CCOCC3)cc21. The number of fused-ring (bicyclic) bond motifs is 1. The van der Waals surface area contributed by atoms with Crippen LogP contribution < -0.4 is 10.2 Å². The average molecular weight is 474 g/mol. The van der Waals surface area contributed by atoms with Gasteiger partial charge in [0.15, 0.2) is 6.61 Å². The first-order valence-electron chi connectivity index (χ1n) is 10.8. The molecule has 1 atom stereocenters. The second kappa shape index (κ2) is 10.3. The summed E-state index contributed by atoms with van der Waals surface area (Å²) in [7, 11) is -3.67. The van der Waals surface area contributed by atoms with Crippen molar-refractivity contribution in [2.75, 3.05) is 32.9 Å². The van der Waals surface area contributed by atoms with Gasteiger partial charge in [-0.05, 0) is 48.7 Å². The van der Waals surface area contributed by atoms with Crippen LogP contribution in [-0.2, 0) is 26.0 Å². The van der Waals surface area contributed by atoms with E-state index in [1.807, 2.05) is 25.1 Å². The third kappa shape index (κ3) is 5.67. The van der Waals surface area contributed by atoms with E-state index in [4.69, 9.17) is 9.57 Å². The predicted molar refractivity (Wildman–Crippen MR) is 121 cm³/mol. The molecule has 0 saturated carbocycles. The summed E-state index contributed by atoms with van der Waals surface area (Å²) in [6, 6.07) is 14.6. The predicted octanol–water partition coefficient (Wildman–Crippen LogP) is 1.02. The normalized spacial score (nSPS) is 15.9. The van der Waals surface area contributed by atoms with Crippen molar-refractivity contribution in [1.29, 1.82) is 0 Å². The Hall–Kier alpha value is -3.02. The molecular formula is C22H27N5O5S. The molecule has 10 nitrogen and oxygen atoms in total. The number of nitrogens with zero attached hydrogens (tertiary/aromatic N) is 4. The topological polar surface area (TPSA) is 116 Å². The summed E-state index contributed by atoms with van der Waals surface area (Å²) in [5.41, 5.74) is 2.05. The number of nitrogens with one attached hydrogen (secondary N) is 1. The van der Waals surface area contributed by atoms with Crippen molar-refractivity contribution < 1.29 is 22.8 Å². The fourth-order valence-electron chi connectivity index (χ4n) is 3.61. The van der Waals surface area contributed by atoms with Gasteiger partial charge >= 0.3 is 0 Å². The van der Waals surface area contributed by atoms with Crippen LogP contribution in [0, 0.1) is 0 Å². The molecular weight excluding hydrogens is 446 g/mol. The van der Waals surface area contributed by atoms with Crippen LogP contribution in [-0.4, -0.2) is 72.7 Å². The van der Waals surface area contributed by atoms with Crippen LogP contribution in [0.25, 0.3) is 11.0 Å². The van der Waals surface area contributed by atoms with Crippen molar-refractivity contribution in [1.82, 2.24) is 24.8 Å². The molecule has 11 heteroatoms. The fraction of sp³-hybridized carbons (Fsp3) is 0.409. The van der Waals surface area contributed by atoms with Crippen molar-refractivity contribution >= 4 is 27.0 Å². The smallest absolute Gasteiger partial charge is 0.260 e. The van der Waals surface area contributed by atoms with Gasteiger partial charge in [-0.15, -0.1) is 5.10 Å². The summed E-state index contributed by atoms with van der Waals surface area (Å²) in [6.07, 6.45) is 1.65. The number of sulfonamides is 1. The zero-order valence-corrected chi connectivity index (χ0v) is 19.2. The lowest BCUT2D eigenvalue weighted by Gasteiger charge is -2.26. The van der Waals surface area contributed by atoms with Crippen LogP contribution in [0.15, 0.2) is 53.4 Å². The zero-order chi connectivity index (χ0) is 23.3. The Balaban J connectivity index is 1.36. The zero-order valence-electron chi connectivity index (χ0n) is 18.4. The molecule has 1 N–H and O–H groups in total. The number of benzene rings is 2. The molecule has 176 valence electrons. The van der Waals surface area contributed by atoms with Crippen molar-refractivity contribution in [3.8, 4) is 0 Å². The third-order valence-electron chi connectivity index (χ3n) is 5.43. The minimum Gasteiger partial charge on any atom is -0.385 e. The van der Waals surface area contributed by atoms with Crippen LogP contribution in [0.3, 0.4) is 0 Å². The largest absolute Gasteiger partial charge is 0.385 e. The fourth-order valence-corrected chi connectivity index (χ4v) is 5.03. The molecule has 0 unspecified atom stereocenters. The highest BCUT2D eigenvalue weighted by Gasteiger charge is 2.27. The number of carbonyl (C=O) groups excluding carboxylic acids is 1. The maximum absolute atomic E-state index is 12.9. The minimum atomic E-state index is -3.67. The van der Waals surface area contributed by atoms with E-state index in [1.54, 1.807) is 6.07 Å². The number of aromatic nitrogens is 3. The van der Waals surface area contributed by atoms with Gasteiger partial charge in [-0.1, -0.05) is 35.2 Å². The molecule has 1 amide bonds. The number of ether oxygens (including phenoxy) is 1. The van der Waals surface area contributed by atoms with Gasteiger partial charge in [0.25, 0.3) is 5.91 Å². The summed E-state index contributed by atoms with van der Waals surface area (Å²) < 4.78 is 32.5. The van der Waals surface area contributed by atoms with Crippen molar-refractivity contribution in [3.05, 3.63) is 54.1 Å². The van der Waals surface area contributed by atoms with Gasteiger partial charge in [0.05, 0.1) is 18.1 Å². The lowest BCUT2D eigenvalue weighted by atomic mass is 10.1. The van der Waals surface area contributed by atoms with E-state index in [2.05, 4.69) is 27.8 Å². The first kappa shape index (κ1) is 23.1. The highest BCUT2D eigenvalue weighted by Crippen LogP contribution is 2.21. The monoisotopic (exact) mass is 473 g/mol. The van der Waals surface area contributed by atoms with Crippen LogP contribution in [0.2, 0.25) is 0 Å². The van der Waals surface area contributed by atoms with E-state index < -0.39 is 10.0 Å². The van der Waals surface area contributed by atoms with Gasteiger partial charge in [0, 0.05) is 19.1 Å². The standard InChI is InChI=1S/C22H27N5O5S/c1-17(7-8-18-5-3-2-4-6-18)23-22(28)16-32-27-21-15-19(9-10-20(21)24-25-27)33(29,30)26-11-13-31-14-12-26/h2-6,9-10,15,17H,7-8,11-14,16H2,1H3,(H,23,28)/t17-/m0/s1. The van der Waals surface area contributed by atoms with Gasteiger partial charge in [-0.3, -0.25) is 4.79 Å². The Labute approximate surface area is 192 Å². The summed E-state index contributed by atoms with van der Waals surface area (Å²) in [6.45, 7) is 3.00. The lowest BCUT2D eigenvalue weighted by Crippen LogP contribution is -2.40. The number of rotatable bonds is 9. The maximum atomic E-state index is 12.9. The van der Waals surface area contributed by atoms with Gasteiger partial charge in [-0.25, -0.2) is 8.42 Å². The van der Waals surface area contributed by atoms with E-state index in [0.29, 0.717) is 37.3 Å². The number of hydrogen-bond donors (Lipinski definition) is 1. The maximum Gasteiger partial charge on any atom is 0.260 e. The van der Waals surface area contributed by atoms with Gasteiger partial charge < -0.3 is 14.9 Å². The Morgan fingerprint density at radius 3 is 2.70 bits per heavy atom. The molecule has 3 aromatic rings. The summed E-state index contributed by atoms with van der Waals surface area (Å²) in [5.74, 6) is -0.295. The quantitative estimate of drug-likeness (QED) is 0.493. The Bertz CT molecular complexity index is 1190. The molecule has 1 aliphatic heterocycles. The van der Waals surface area contributed by atoms with E-state index in [1.165, 1.54) is 22.0 Å². The molecule has 0 radical (unpaired) electrons. The number of aryl methyl sites for hydroxylation is 1. The molecule has 0 spiro atoms. The van der Waals surface area contributed by atoms with Gasteiger partial charge in [0.1, 0.15) is 11.0 Å². The molecule has 4 rings (SSSR count). The second-order valence-corrected chi connectivity index (χ2v) is 9.83. The van der Waals surface area contributed by atoms with E-state index in [0.717, 1.165) is 17.7 Å². The number of amides is 1. The summed E-state index contributed by atoms with van der Waals surface area (Å²) in [5, 5.41) is 10.8. The van der Waals surface area contributed by atoms with E-state index >= 15 is 0 Å². The number of morpholine rings is 1. The highest BCUT2D eigenvalue weighted by atomic mass is 32.2. The van der Waals surface area contributed by atoms with Gasteiger partial charge in [-0.2, -0.15) is 4.31 Å². The van der Waals surface area contributed by atoms with E-state index in [-0.39, 0.29) is 23.5 Å². The Kier molecular flexibility index (Phi) is 7.21. The lowest BCUT2D eigenvalue weighted by molar-refractivity contribution is -0.126. The molecule has 33 heavy (non-hydrogen) atoms. The van der Waals surface area contributed by atoms with E-state index in [9.17, 15) is 13.2 Å². The average Bonchev–Trinajstić information content (AvgIpc) is 3.25. The first-order chi connectivity index (χ1) is 15.9. The molecule has 1 aromatic heterocycles. The van der Waals surface area contributed by atoms with Crippen LogP contribution in [0.4, 0.5) is 0 Å². The molecule has 1 fully saturated rings. The summed E-state index contributed by atoms with van der Waals surface area (Å²) in [4.78, 5) is 19.0. The molecule has 1 aliphatic rings. The molecule has 0 aliphatic carbocycles. The van der Waals surface area contributed by atoms with Crippen LogP contribution in [0.5, 0.6) is 0 Å². The summed E-state index contributed by atoms with van der Waals surface area (Å²) >= 11 is 0. The van der Waals surface area contributed by atoms with Crippen molar-refractivity contribution in [2.45, 2.75) is 30.7 Å². The minimum absolute atomic E-state index is 0.0286. The van der Waals surface area contributed by atoms with Crippen LogP contribution in [0.1, 0.15) is 18.9 Å². The molecule has 2 heterocycles. The highest BCUT2D eigenvalue weighted by molar-refractivity contribution is 7.89. The molecule has 0 bridgehead atoms. The first-order valence-corrected chi connectivity index (χ1v) is 12.3. The second-order valence-electron chi connectivity index (χ2n) is 7.90. The van der Waals surface area contributed by atoms with Crippen LogP contribution >= 0.6 is 0 Å². The Morgan fingerprint density at radius 2 is 1.94 bits per heavy atom.